The van der Waals surface area contributed by atoms with Crippen LogP contribution in [-0.4, -0.2) is 53.7 Å². The van der Waals surface area contributed by atoms with Crippen LogP contribution in [0.15, 0.2) is 21.3 Å². The Hall–Kier alpha value is -1.97. The first kappa shape index (κ1) is 29.3. The van der Waals surface area contributed by atoms with E-state index in [-0.39, 0.29) is 12.2 Å². The second-order valence-electron chi connectivity index (χ2n) is 7.06. The molecule has 0 bridgehead atoms. The van der Waals surface area contributed by atoms with E-state index >= 15 is 0 Å². The van der Waals surface area contributed by atoms with Crippen LogP contribution in [0.4, 0.5) is 5.82 Å². The lowest BCUT2D eigenvalue weighted by atomic mass is 10.2. The first-order valence-corrected chi connectivity index (χ1v) is 13.8. The molecule has 19 nitrogen and oxygen atoms in total. The third-order valence-corrected chi connectivity index (χ3v) is 7.73. The van der Waals surface area contributed by atoms with Crippen LogP contribution < -0.4 is 5.69 Å². The quantitative estimate of drug-likeness (QED) is 0.0749. The summed E-state index contributed by atoms with van der Waals surface area (Å²) in [5, 5.41) is 7.08. The van der Waals surface area contributed by atoms with Crippen molar-refractivity contribution in [3.8, 4) is 0 Å². The Balaban J connectivity index is 2.21. The Morgan fingerprint density at radius 2 is 1.91 bits per heavy atom. The Kier molecular flexibility index (Phi) is 9.52. The minimum atomic E-state index is -5.70. The van der Waals surface area contributed by atoms with E-state index in [0.717, 1.165) is 4.57 Å². The van der Waals surface area contributed by atoms with Crippen molar-refractivity contribution in [2.75, 3.05) is 6.61 Å². The zero-order chi connectivity index (χ0) is 26.6. The average Bonchev–Trinajstić information content (AvgIpc) is 3.07. The summed E-state index contributed by atoms with van der Waals surface area (Å²) >= 11 is 0. The fraction of sp³-hybridized carbons (Fsp3) is 0.615. The van der Waals surface area contributed by atoms with E-state index in [4.69, 9.17) is 24.9 Å². The van der Waals surface area contributed by atoms with E-state index in [9.17, 15) is 28.3 Å². The summed E-state index contributed by atoms with van der Waals surface area (Å²) in [7, 11) is -16.7. The van der Waals surface area contributed by atoms with Crippen molar-refractivity contribution in [1.29, 1.82) is 0 Å². The van der Waals surface area contributed by atoms with E-state index < -0.39 is 54.2 Å². The fourth-order valence-electron chi connectivity index (χ4n) is 2.68. The predicted molar refractivity (Wildman–Crippen MR) is 114 cm³/mol. The van der Waals surface area contributed by atoms with Crippen LogP contribution in [0, 0.1) is 6.92 Å². The molecule has 2 heterocycles. The maximum absolute atomic E-state index is 12.4. The normalized spacial score (nSPS) is 23.6. The van der Waals surface area contributed by atoms with Crippen molar-refractivity contribution < 1.29 is 56.0 Å². The van der Waals surface area contributed by atoms with Gasteiger partial charge in [-0.2, -0.15) is 13.6 Å². The summed E-state index contributed by atoms with van der Waals surface area (Å²) in [6, 6.07) is 0. The predicted octanol–water partition coefficient (Wildman–Crippen LogP) is 1.91. The topological polar surface area (TPSA) is 274 Å². The maximum Gasteiger partial charge on any atom is 0.490 e. The molecule has 3 unspecified atom stereocenters. The molecule has 5 atom stereocenters. The zero-order valence-electron chi connectivity index (χ0n) is 18.2. The molecule has 4 N–H and O–H groups in total. The molecular weight excluding hydrogens is 541 g/mol. The summed E-state index contributed by atoms with van der Waals surface area (Å²) in [4.78, 5) is 60.0. The van der Waals surface area contributed by atoms with E-state index in [0.29, 0.717) is 11.3 Å². The van der Waals surface area contributed by atoms with E-state index in [1.165, 1.54) is 13.1 Å². The molecule has 22 heteroatoms. The molecule has 1 fully saturated rings. The molecule has 196 valence electrons. The lowest BCUT2D eigenvalue weighted by Crippen LogP contribution is -2.29. The lowest BCUT2D eigenvalue weighted by molar-refractivity contribution is -0.0604. The standard InChI is InChI=1S/C13H21N6O13P3/c1-7(2)17-30-9-4-11(19-5-8(3)12(16-18-14)15-13(19)20)29-10(9)6-28-34(24,25)32-35(26,27)31-33(21,22)23/h5,9-11H,4,6H2,1-3H3,(H,24,25)(H,26,27)(H2,21,22,23)/t9?,10-,11-/m1/s1. The first-order valence-electron chi connectivity index (χ1n) is 9.27. The van der Waals surface area contributed by atoms with Gasteiger partial charge in [0.2, 0.25) is 0 Å². The maximum atomic E-state index is 12.4. The molecule has 0 aromatic carbocycles. The van der Waals surface area contributed by atoms with Gasteiger partial charge in [-0.05, 0) is 37.0 Å². The van der Waals surface area contributed by atoms with Gasteiger partial charge in [0.15, 0.2) is 6.10 Å². The Labute approximate surface area is 196 Å². The molecule has 1 aromatic rings. The van der Waals surface area contributed by atoms with Crippen molar-refractivity contribution in [1.82, 2.24) is 9.55 Å². The van der Waals surface area contributed by atoms with Gasteiger partial charge in [0.1, 0.15) is 18.1 Å². The number of aromatic nitrogens is 2. The second-order valence-corrected chi connectivity index (χ2v) is 11.5. The molecule has 1 aromatic heterocycles. The molecule has 0 amide bonds. The number of oxime groups is 1. The largest absolute Gasteiger partial charge is 0.490 e. The number of ether oxygens (including phenoxy) is 1. The fourth-order valence-corrected chi connectivity index (χ4v) is 5.71. The third kappa shape index (κ3) is 9.20. The summed E-state index contributed by atoms with van der Waals surface area (Å²) < 4.78 is 52.8. The summed E-state index contributed by atoms with van der Waals surface area (Å²) in [5.74, 6) is -0.144. The lowest BCUT2D eigenvalue weighted by Gasteiger charge is -2.20. The minimum Gasteiger partial charge on any atom is -0.389 e. The zero-order valence-corrected chi connectivity index (χ0v) is 20.9. The highest BCUT2D eigenvalue weighted by atomic mass is 31.3. The smallest absolute Gasteiger partial charge is 0.389 e. The molecule has 0 aliphatic carbocycles. The van der Waals surface area contributed by atoms with Gasteiger partial charge in [0, 0.05) is 17.5 Å². The summed E-state index contributed by atoms with van der Waals surface area (Å²) in [6.45, 7) is 3.93. The highest BCUT2D eigenvalue weighted by Gasteiger charge is 2.44. The Morgan fingerprint density at radius 3 is 2.49 bits per heavy atom. The van der Waals surface area contributed by atoms with Gasteiger partial charge in [-0.15, -0.1) is 0 Å². The summed E-state index contributed by atoms with van der Waals surface area (Å²) in [6.07, 6.45) is -1.94. The number of nitrogens with zero attached hydrogens (tertiary/aromatic N) is 6. The molecule has 0 saturated carbocycles. The van der Waals surface area contributed by atoms with Crippen LogP contribution in [0.25, 0.3) is 10.4 Å². The number of azide groups is 1. The highest BCUT2D eigenvalue weighted by molar-refractivity contribution is 7.66. The summed E-state index contributed by atoms with van der Waals surface area (Å²) in [5.41, 5.74) is 8.54. The van der Waals surface area contributed by atoms with Gasteiger partial charge in [-0.3, -0.25) is 9.09 Å². The van der Waals surface area contributed by atoms with Crippen LogP contribution in [0.5, 0.6) is 0 Å². The Bertz CT molecular complexity index is 1220. The van der Waals surface area contributed by atoms with Crippen molar-refractivity contribution in [2.24, 2.45) is 10.3 Å². The molecule has 0 spiro atoms. The first-order chi connectivity index (χ1) is 16.0. The molecule has 1 aliphatic heterocycles. The average molecular weight is 562 g/mol. The van der Waals surface area contributed by atoms with Gasteiger partial charge >= 0.3 is 29.2 Å². The number of aryl methyl sites for hydroxylation is 1. The van der Waals surface area contributed by atoms with Gasteiger partial charge in [-0.25, -0.2) is 18.5 Å². The van der Waals surface area contributed by atoms with E-state index in [2.05, 4.69) is 33.3 Å². The molecule has 35 heavy (non-hydrogen) atoms. The third-order valence-electron chi connectivity index (χ3n) is 3.93. The highest BCUT2D eigenvalue weighted by Crippen LogP contribution is 2.66. The number of phosphoric ester groups is 1. The Morgan fingerprint density at radius 1 is 1.26 bits per heavy atom. The molecule has 0 radical (unpaired) electrons. The minimum absolute atomic E-state index is 0.0386. The van der Waals surface area contributed by atoms with Gasteiger partial charge in [-0.1, -0.05) is 5.16 Å². The molecule has 1 aliphatic rings. The second kappa shape index (κ2) is 11.4. The molecular formula is C13H21N6O13P3. The number of hydrogen-bond donors (Lipinski definition) is 4. The number of rotatable bonds is 11. The SMILES string of the molecule is CC(C)=NOC1C[C@H](n2cc(C)c(N=[N+]=[N-])nc2=O)O[C@@H]1COP(=O)(O)OP(=O)(O)OP(=O)(O)O. The molecule has 1 saturated heterocycles. The van der Waals surface area contributed by atoms with Crippen LogP contribution >= 0.6 is 23.5 Å². The van der Waals surface area contributed by atoms with Crippen molar-refractivity contribution in [3.05, 3.63) is 32.7 Å². The van der Waals surface area contributed by atoms with Crippen molar-refractivity contribution in [3.63, 3.8) is 0 Å². The molecule has 2 rings (SSSR count). The number of hydrogen-bond acceptors (Lipinski definition) is 12. The van der Waals surface area contributed by atoms with Crippen LogP contribution in [-0.2, 0) is 36.4 Å². The van der Waals surface area contributed by atoms with Crippen LogP contribution in [0.1, 0.15) is 32.1 Å². The van der Waals surface area contributed by atoms with Crippen molar-refractivity contribution in [2.45, 2.75) is 45.6 Å². The van der Waals surface area contributed by atoms with Crippen LogP contribution in [0.2, 0.25) is 0 Å². The van der Waals surface area contributed by atoms with Gasteiger partial charge in [0.25, 0.3) is 0 Å². The van der Waals surface area contributed by atoms with Crippen molar-refractivity contribution >= 4 is 35.0 Å². The monoisotopic (exact) mass is 562 g/mol. The van der Waals surface area contributed by atoms with E-state index in [1.54, 1.807) is 13.8 Å². The number of phosphoric acid groups is 3. The van der Waals surface area contributed by atoms with Gasteiger partial charge < -0.3 is 29.1 Å². The van der Waals surface area contributed by atoms with Gasteiger partial charge in [0.05, 0.1) is 12.3 Å². The van der Waals surface area contributed by atoms with E-state index in [1.807, 2.05) is 0 Å². The van der Waals surface area contributed by atoms with Crippen LogP contribution in [0.3, 0.4) is 0 Å².